The van der Waals surface area contributed by atoms with Crippen molar-refractivity contribution in [3.05, 3.63) is 88.4 Å². The van der Waals surface area contributed by atoms with Crippen LogP contribution in [0, 0.1) is 0 Å². The molecule has 0 radical (unpaired) electrons. The van der Waals surface area contributed by atoms with E-state index in [0.29, 0.717) is 18.0 Å². The molecule has 2 heterocycles. The van der Waals surface area contributed by atoms with Crippen molar-refractivity contribution in [3.63, 3.8) is 0 Å². The quantitative estimate of drug-likeness (QED) is 0.683. The van der Waals surface area contributed by atoms with E-state index in [1.165, 1.54) is 6.20 Å². The van der Waals surface area contributed by atoms with Crippen molar-refractivity contribution in [1.82, 2.24) is 19.9 Å². The highest BCUT2D eigenvalue weighted by Crippen LogP contribution is 2.23. The van der Waals surface area contributed by atoms with Crippen molar-refractivity contribution in [2.75, 3.05) is 7.05 Å². The highest BCUT2D eigenvalue weighted by Gasteiger charge is 2.24. The molecule has 2 aromatic heterocycles. The van der Waals surface area contributed by atoms with Gasteiger partial charge in [-0.05, 0) is 30.2 Å². The van der Waals surface area contributed by atoms with Gasteiger partial charge in [0.05, 0.1) is 6.04 Å². The van der Waals surface area contributed by atoms with Gasteiger partial charge in [-0.25, -0.2) is 4.98 Å². The third-order valence-electron chi connectivity index (χ3n) is 4.44. The maximum absolute atomic E-state index is 12.8. The Kier molecular flexibility index (Phi) is 6.16. The van der Waals surface area contributed by atoms with E-state index in [4.69, 9.17) is 4.74 Å². The lowest BCUT2D eigenvalue weighted by Crippen LogP contribution is -2.35. The van der Waals surface area contributed by atoms with E-state index < -0.39 is 5.56 Å². The minimum atomic E-state index is -0.487. The Bertz CT molecular complexity index is 974. The molecule has 1 N–H and O–H groups in total. The molecular formula is C21H22N4O3. The number of nitrogens with one attached hydrogen (secondary N) is 1. The number of amides is 1. The molecular weight excluding hydrogens is 356 g/mol. The van der Waals surface area contributed by atoms with Gasteiger partial charge in [0.25, 0.3) is 11.5 Å². The molecule has 0 aliphatic heterocycles. The fourth-order valence-electron chi connectivity index (χ4n) is 2.96. The Balaban J connectivity index is 1.73. The minimum Gasteiger partial charge on any atom is -0.486 e. The monoisotopic (exact) mass is 378 g/mol. The molecule has 1 atom stereocenters. The normalized spacial score (nSPS) is 11.6. The summed E-state index contributed by atoms with van der Waals surface area (Å²) in [4.78, 5) is 37.7. The largest absolute Gasteiger partial charge is 0.486 e. The molecule has 3 aromatic rings. The molecule has 0 spiro atoms. The Labute approximate surface area is 163 Å². The van der Waals surface area contributed by atoms with Crippen LogP contribution in [0.15, 0.2) is 65.8 Å². The lowest BCUT2D eigenvalue weighted by Gasteiger charge is -2.27. The average Bonchev–Trinajstić information content (AvgIpc) is 2.74. The number of pyridine rings is 1. The molecule has 0 saturated heterocycles. The molecule has 7 heteroatoms. The van der Waals surface area contributed by atoms with Crippen LogP contribution >= 0.6 is 0 Å². The van der Waals surface area contributed by atoms with Crippen LogP contribution in [0.5, 0.6) is 5.75 Å². The summed E-state index contributed by atoms with van der Waals surface area (Å²) < 4.78 is 5.57. The first-order chi connectivity index (χ1) is 13.6. The molecule has 144 valence electrons. The van der Waals surface area contributed by atoms with E-state index >= 15 is 0 Å². The van der Waals surface area contributed by atoms with Gasteiger partial charge >= 0.3 is 0 Å². The number of para-hydroxylation sites is 1. The van der Waals surface area contributed by atoms with Crippen LogP contribution in [-0.2, 0) is 6.61 Å². The molecule has 0 saturated carbocycles. The zero-order valence-electron chi connectivity index (χ0n) is 15.8. The number of ether oxygens (including phenoxy) is 1. The zero-order chi connectivity index (χ0) is 19.9. The number of nitrogens with zero attached hydrogens (tertiary/aromatic N) is 3. The van der Waals surface area contributed by atoms with Crippen LogP contribution in [-0.4, -0.2) is 32.8 Å². The summed E-state index contributed by atoms with van der Waals surface area (Å²) in [7, 11) is 1.68. The van der Waals surface area contributed by atoms with Gasteiger partial charge in [-0.15, -0.1) is 0 Å². The van der Waals surface area contributed by atoms with Gasteiger partial charge < -0.3 is 14.6 Å². The van der Waals surface area contributed by atoms with Gasteiger partial charge in [0, 0.05) is 25.6 Å². The molecule has 0 aliphatic carbocycles. The molecule has 0 aliphatic rings. The van der Waals surface area contributed by atoms with Crippen LogP contribution in [0.1, 0.15) is 41.1 Å². The minimum absolute atomic E-state index is 0.00620. The first-order valence-electron chi connectivity index (χ1n) is 9.03. The second kappa shape index (κ2) is 8.94. The van der Waals surface area contributed by atoms with Gasteiger partial charge in [0.2, 0.25) is 0 Å². The standard InChI is InChI=1S/C21H22N4O3/c1-3-18(15-8-7-11-22-12-15)25(2)21(27)17-13-23-19(24-20(17)26)14-28-16-9-5-4-6-10-16/h4-13,18H,3,14H2,1-2H3,(H,23,24,26)/t18-/m0/s1. The van der Waals surface area contributed by atoms with E-state index in [1.54, 1.807) is 24.3 Å². The number of hydrogen-bond donors (Lipinski definition) is 1. The van der Waals surface area contributed by atoms with Gasteiger partial charge in [-0.3, -0.25) is 14.6 Å². The molecule has 1 aromatic carbocycles. The number of carbonyl (C=O) groups excluding carboxylic acids is 1. The van der Waals surface area contributed by atoms with E-state index in [1.807, 2.05) is 49.4 Å². The summed E-state index contributed by atoms with van der Waals surface area (Å²) in [6, 6.07) is 12.8. The molecule has 3 rings (SSSR count). The van der Waals surface area contributed by atoms with Gasteiger partial charge in [0.15, 0.2) is 0 Å². The fourth-order valence-corrected chi connectivity index (χ4v) is 2.96. The summed E-state index contributed by atoms with van der Waals surface area (Å²) in [6.45, 7) is 2.09. The highest BCUT2D eigenvalue weighted by atomic mass is 16.5. The predicted octanol–water partition coefficient (Wildman–Crippen LogP) is 2.97. The first-order valence-corrected chi connectivity index (χ1v) is 9.03. The summed E-state index contributed by atoms with van der Waals surface area (Å²) in [6.07, 6.45) is 5.41. The third kappa shape index (κ3) is 4.43. The average molecular weight is 378 g/mol. The van der Waals surface area contributed by atoms with Crippen LogP contribution in [0.3, 0.4) is 0 Å². The van der Waals surface area contributed by atoms with E-state index in [-0.39, 0.29) is 24.1 Å². The van der Waals surface area contributed by atoms with Crippen LogP contribution in [0.4, 0.5) is 0 Å². The van der Waals surface area contributed by atoms with Crippen molar-refractivity contribution >= 4 is 5.91 Å². The van der Waals surface area contributed by atoms with E-state index in [0.717, 1.165) is 5.56 Å². The molecule has 1 amide bonds. The Hall–Kier alpha value is -3.48. The fraction of sp³-hybridized carbons (Fsp3) is 0.238. The highest BCUT2D eigenvalue weighted by molar-refractivity contribution is 5.93. The summed E-state index contributed by atoms with van der Waals surface area (Å²) in [5, 5.41) is 0. The second-order valence-electron chi connectivity index (χ2n) is 6.30. The van der Waals surface area contributed by atoms with Gasteiger partial charge in [-0.1, -0.05) is 31.2 Å². The van der Waals surface area contributed by atoms with Crippen molar-refractivity contribution in [3.8, 4) is 5.75 Å². The Morgan fingerprint density at radius 1 is 1.18 bits per heavy atom. The lowest BCUT2D eigenvalue weighted by atomic mass is 10.0. The summed E-state index contributed by atoms with van der Waals surface area (Å²) in [5.41, 5.74) is 0.422. The van der Waals surface area contributed by atoms with Crippen molar-refractivity contribution in [2.24, 2.45) is 0 Å². The first kappa shape index (κ1) is 19.3. The predicted molar refractivity (Wildman–Crippen MR) is 105 cm³/mol. The zero-order valence-corrected chi connectivity index (χ0v) is 15.8. The third-order valence-corrected chi connectivity index (χ3v) is 4.44. The maximum Gasteiger partial charge on any atom is 0.263 e. The topological polar surface area (TPSA) is 88.2 Å². The number of aromatic amines is 1. The summed E-state index contributed by atoms with van der Waals surface area (Å²) in [5.74, 6) is 0.639. The number of hydrogen-bond acceptors (Lipinski definition) is 5. The van der Waals surface area contributed by atoms with Crippen LogP contribution in [0.25, 0.3) is 0 Å². The summed E-state index contributed by atoms with van der Waals surface area (Å²) >= 11 is 0. The smallest absolute Gasteiger partial charge is 0.263 e. The van der Waals surface area contributed by atoms with Gasteiger partial charge in [-0.2, -0.15) is 0 Å². The van der Waals surface area contributed by atoms with Gasteiger partial charge in [0.1, 0.15) is 23.7 Å². The van der Waals surface area contributed by atoms with E-state index in [9.17, 15) is 9.59 Å². The van der Waals surface area contributed by atoms with Crippen molar-refractivity contribution in [2.45, 2.75) is 26.0 Å². The molecule has 28 heavy (non-hydrogen) atoms. The number of aromatic nitrogens is 3. The molecule has 0 bridgehead atoms. The number of rotatable bonds is 7. The number of H-pyrrole nitrogens is 1. The van der Waals surface area contributed by atoms with Crippen molar-refractivity contribution < 1.29 is 9.53 Å². The van der Waals surface area contributed by atoms with Crippen LogP contribution < -0.4 is 10.3 Å². The Morgan fingerprint density at radius 2 is 1.96 bits per heavy atom. The lowest BCUT2D eigenvalue weighted by molar-refractivity contribution is 0.0723. The number of benzene rings is 1. The Morgan fingerprint density at radius 3 is 2.61 bits per heavy atom. The number of carbonyl (C=O) groups is 1. The molecule has 0 fully saturated rings. The van der Waals surface area contributed by atoms with Crippen molar-refractivity contribution in [1.29, 1.82) is 0 Å². The second-order valence-corrected chi connectivity index (χ2v) is 6.30. The molecule has 7 nitrogen and oxygen atoms in total. The van der Waals surface area contributed by atoms with Crippen LogP contribution in [0.2, 0.25) is 0 Å². The molecule has 0 unspecified atom stereocenters. The SMILES string of the molecule is CC[C@@H](c1cccnc1)N(C)C(=O)c1cnc(COc2ccccc2)[nH]c1=O. The van der Waals surface area contributed by atoms with E-state index in [2.05, 4.69) is 15.0 Å². The maximum atomic E-state index is 12.8.